The maximum Gasteiger partial charge on any atom is 0.410 e. The van der Waals surface area contributed by atoms with Crippen molar-refractivity contribution in [3.8, 4) is 0 Å². The number of nitrogens with one attached hydrogen (secondary N) is 3. The summed E-state index contributed by atoms with van der Waals surface area (Å²) in [6.45, 7) is 13.9. The molecule has 1 fully saturated rings. The number of nitrogens with zero attached hydrogens (tertiary/aromatic N) is 2. The summed E-state index contributed by atoms with van der Waals surface area (Å²) in [5.74, 6) is 0.677. The lowest BCUT2D eigenvalue weighted by atomic mass is 10.1. The zero-order chi connectivity index (χ0) is 19.7. The molecule has 1 atom stereocenters. The smallest absolute Gasteiger partial charge is 0.410 e. The molecular formula is C18H36IN5O3. The molecule has 1 unspecified atom stereocenters. The van der Waals surface area contributed by atoms with E-state index in [4.69, 9.17) is 4.74 Å². The van der Waals surface area contributed by atoms with E-state index in [-0.39, 0.29) is 48.1 Å². The van der Waals surface area contributed by atoms with Crippen LogP contribution < -0.4 is 16.0 Å². The first kappa shape index (κ1) is 25.7. The third kappa shape index (κ3) is 10.6. The number of halogens is 1. The Morgan fingerprint density at radius 3 is 2.41 bits per heavy atom. The summed E-state index contributed by atoms with van der Waals surface area (Å²) in [6.07, 6.45) is 0.976. The fraction of sp³-hybridized carbons (Fsp3) is 0.833. The summed E-state index contributed by atoms with van der Waals surface area (Å²) in [4.78, 5) is 29.8. The first-order valence-corrected chi connectivity index (χ1v) is 9.46. The van der Waals surface area contributed by atoms with E-state index in [1.165, 1.54) is 0 Å². The molecule has 1 rings (SSSR count). The molecule has 1 heterocycles. The van der Waals surface area contributed by atoms with Gasteiger partial charge in [-0.15, -0.1) is 24.0 Å². The second kappa shape index (κ2) is 12.2. The number of hydrogen-bond donors (Lipinski definition) is 3. The molecule has 8 nitrogen and oxygen atoms in total. The highest BCUT2D eigenvalue weighted by Crippen LogP contribution is 2.15. The molecule has 0 bridgehead atoms. The second-order valence-electron chi connectivity index (χ2n) is 7.61. The molecule has 158 valence electrons. The Morgan fingerprint density at radius 1 is 1.26 bits per heavy atom. The minimum Gasteiger partial charge on any atom is -0.444 e. The highest BCUT2D eigenvalue weighted by atomic mass is 127. The van der Waals surface area contributed by atoms with Crippen molar-refractivity contribution in [1.29, 1.82) is 0 Å². The Bertz CT molecular complexity index is 502. The second-order valence-corrected chi connectivity index (χ2v) is 7.61. The highest BCUT2D eigenvalue weighted by molar-refractivity contribution is 14.0. The molecule has 1 aliphatic rings. The third-order valence-corrected chi connectivity index (χ3v) is 3.85. The van der Waals surface area contributed by atoms with Crippen molar-refractivity contribution < 1.29 is 14.3 Å². The summed E-state index contributed by atoms with van der Waals surface area (Å²) in [6, 6.07) is 0.320. The Balaban J connectivity index is 0.00000676. The summed E-state index contributed by atoms with van der Waals surface area (Å²) in [7, 11) is 0. The van der Waals surface area contributed by atoms with E-state index in [1.54, 1.807) is 4.90 Å². The van der Waals surface area contributed by atoms with Crippen LogP contribution in [0.4, 0.5) is 4.79 Å². The molecule has 0 radical (unpaired) electrons. The predicted octanol–water partition coefficient (Wildman–Crippen LogP) is 2.08. The fourth-order valence-electron chi connectivity index (χ4n) is 2.28. The van der Waals surface area contributed by atoms with Gasteiger partial charge in [0.15, 0.2) is 5.96 Å². The van der Waals surface area contributed by atoms with Gasteiger partial charge in [-0.3, -0.25) is 9.79 Å². The maximum atomic E-state index is 11.9. The molecule has 0 spiro atoms. The van der Waals surface area contributed by atoms with Gasteiger partial charge in [-0.05, 0) is 41.0 Å². The predicted molar refractivity (Wildman–Crippen MR) is 119 cm³/mol. The quantitative estimate of drug-likeness (QED) is 0.285. The van der Waals surface area contributed by atoms with Crippen LogP contribution in [-0.4, -0.2) is 66.7 Å². The molecule has 3 N–H and O–H groups in total. The Labute approximate surface area is 180 Å². The zero-order valence-electron chi connectivity index (χ0n) is 17.4. The monoisotopic (exact) mass is 497 g/mol. The molecule has 2 amide bonds. The number of likely N-dealkylation sites (tertiary alicyclic amines) is 1. The maximum absolute atomic E-state index is 11.9. The van der Waals surface area contributed by atoms with E-state index >= 15 is 0 Å². The molecule has 1 aliphatic heterocycles. The molecule has 0 aromatic heterocycles. The molecule has 0 aromatic rings. The van der Waals surface area contributed by atoms with Crippen LogP contribution >= 0.6 is 24.0 Å². The summed E-state index contributed by atoms with van der Waals surface area (Å²) >= 11 is 0. The number of amides is 2. The first-order chi connectivity index (χ1) is 12.1. The summed E-state index contributed by atoms with van der Waals surface area (Å²) in [5, 5.41) is 9.38. The number of aliphatic imine (C=N–C) groups is 1. The van der Waals surface area contributed by atoms with Gasteiger partial charge in [0, 0.05) is 32.1 Å². The summed E-state index contributed by atoms with van der Waals surface area (Å²) < 4.78 is 5.34. The zero-order valence-corrected chi connectivity index (χ0v) is 19.8. The highest BCUT2D eigenvalue weighted by Gasteiger charge is 2.34. The molecule has 0 saturated carbocycles. The number of ether oxygens (including phenoxy) is 1. The number of carbonyl (C=O) groups excluding carboxylic acids is 2. The lowest BCUT2D eigenvalue weighted by Crippen LogP contribution is -2.63. The van der Waals surface area contributed by atoms with Crippen LogP contribution in [0, 0.1) is 0 Å². The van der Waals surface area contributed by atoms with Gasteiger partial charge in [0.05, 0.1) is 12.6 Å². The van der Waals surface area contributed by atoms with Gasteiger partial charge in [-0.1, -0.05) is 6.92 Å². The molecule has 0 aromatic carbocycles. The Hall–Kier alpha value is -1.26. The van der Waals surface area contributed by atoms with Crippen molar-refractivity contribution >= 4 is 41.9 Å². The van der Waals surface area contributed by atoms with Crippen LogP contribution in [-0.2, 0) is 9.53 Å². The topological polar surface area (TPSA) is 95.1 Å². The number of guanidine groups is 1. The number of hydrogen-bond acceptors (Lipinski definition) is 4. The minimum absolute atomic E-state index is 0. The van der Waals surface area contributed by atoms with Gasteiger partial charge in [-0.2, -0.15) is 0 Å². The van der Waals surface area contributed by atoms with Crippen LogP contribution in [0.5, 0.6) is 0 Å². The van der Waals surface area contributed by atoms with E-state index in [1.807, 2.05) is 41.5 Å². The van der Waals surface area contributed by atoms with Gasteiger partial charge in [-0.25, -0.2) is 4.79 Å². The third-order valence-electron chi connectivity index (χ3n) is 3.85. The minimum atomic E-state index is -0.484. The van der Waals surface area contributed by atoms with E-state index < -0.39 is 5.60 Å². The van der Waals surface area contributed by atoms with Crippen molar-refractivity contribution in [3.63, 3.8) is 0 Å². The fourth-order valence-corrected chi connectivity index (χ4v) is 2.28. The van der Waals surface area contributed by atoms with E-state index in [0.717, 1.165) is 13.0 Å². The van der Waals surface area contributed by atoms with Crippen molar-refractivity contribution in [3.05, 3.63) is 0 Å². The molecule has 9 heteroatoms. The molecule has 27 heavy (non-hydrogen) atoms. The lowest BCUT2D eigenvalue weighted by molar-refractivity contribution is -0.121. The van der Waals surface area contributed by atoms with Crippen LogP contribution in [0.1, 0.15) is 54.4 Å². The molecule has 1 saturated heterocycles. The van der Waals surface area contributed by atoms with E-state index in [0.29, 0.717) is 32.0 Å². The van der Waals surface area contributed by atoms with Gasteiger partial charge in [0.25, 0.3) is 0 Å². The first-order valence-electron chi connectivity index (χ1n) is 9.46. The van der Waals surface area contributed by atoms with Crippen LogP contribution in [0.2, 0.25) is 0 Å². The van der Waals surface area contributed by atoms with Crippen LogP contribution in [0.3, 0.4) is 0 Å². The van der Waals surface area contributed by atoms with Crippen LogP contribution in [0.25, 0.3) is 0 Å². The summed E-state index contributed by atoms with van der Waals surface area (Å²) in [5.41, 5.74) is -0.484. The van der Waals surface area contributed by atoms with E-state index in [2.05, 4.69) is 20.9 Å². The van der Waals surface area contributed by atoms with Crippen molar-refractivity contribution in [2.45, 2.75) is 72.1 Å². The van der Waals surface area contributed by atoms with Crippen LogP contribution in [0.15, 0.2) is 4.99 Å². The normalized spacial score (nSPS) is 15.9. The largest absolute Gasteiger partial charge is 0.444 e. The average molecular weight is 497 g/mol. The number of rotatable bonds is 7. The van der Waals surface area contributed by atoms with Gasteiger partial charge in [0.2, 0.25) is 5.91 Å². The molecule has 0 aliphatic carbocycles. The van der Waals surface area contributed by atoms with Crippen molar-refractivity contribution in [1.82, 2.24) is 20.9 Å². The van der Waals surface area contributed by atoms with Gasteiger partial charge < -0.3 is 25.6 Å². The average Bonchev–Trinajstić information content (AvgIpc) is 2.48. The Kier molecular flexibility index (Phi) is 11.7. The van der Waals surface area contributed by atoms with Gasteiger partial charge in [0.1, 0.15) is 5.60 Å². The lowest BCUT2D eigenvalue weighted by Gasteiger charge is -2.40. The van der Waals surface area contributed by atoms with Crippen molar-refractivity contribution in [2.75, 3.05) is 26.2 Å². The molecular weight excluding hydrogens is 461 g/mol. The SMILES string of the molecule is CCNC(=NCCC(=O)NC(C)CC)NC1CN(C(=O)OC(C)(C)C)C1.I. The standard InChI is InChI=1S/C18H35N5O3.HI/c1-7-13(3)21-15(24)9-10-20-16(19-8-2)22-14-11-23(12-14)17(25)26-18(4,5)6;/h13-14H,7-12H2,1-6H3,(H,21,24)(H2,19,20,22);1H. The Morgan fingerprint density at radius 2 is 1.89 bits per heavy atom. The number of carbonyl (C=O) groups is 2. The van der Waals surface area contributed by atoms with Crippen molar-refractivity contribution in [2.24, 2.45) is 4.99 Å². The van der Waals surface area contributed by atoms with Gasteiger partial charge >= 0.3 is 6.09 Å². The van der Waals surface area contributed by atoms with E-state index in [9.17, 15) is 9.59 Å².